The highest BCUT2D eigenvalue weighted by molar-refractivity contribution is 6.31. The smallest absolute Gasteiger partial charge is 0.355 e. The third-order valence-electron chi connectivity index (χ3n) is 4.02. The first-order valence-corrected chi connectivity index (χ1v) is 7.94. The molecule has 0 saturated heterocycles. The lowest BCUT2D eigenvalue weighted by Crippen LogP contribution is -2.15. The third kappa shape index (κ3) is 3.10. The maximum absolute atomic E-state index is 12.4. The van der Waals surface area contributed by atoms with Gasteiger partial charge in [0.2, 0.25) is 5.91 Å². The quantitative estimate of drug-likeness (QED) is 0.724. The molecule has 2 N–H and O–H groups in total. The Hall–Kier alpha value is -2.80. The second kappa shape index (κ2) is 6.25. The van der Waals surface area contributed by atoms with Gasteiger partial charge < -0.3 is 19.6 Å². The molecule has 25 heavy (non-hydrogen) atoms. The van der Waals surface area contributed by atoms with Crippen LogP contribution < -0.4 is 5.73 Å². The Morgan fingerprint density at radius 1 is 1.28 bits per heavy atom. The molecule has 3 rings (SSSR count). The van der Waals surface area contributed by atoms with Crippen molar-refractivity contribution >= 4 is 34.5 Å². The van der Waals surface area contributed by atoms with Crippen molar-refractivity contribution < 1.29 is 14.3 Å². The molecule has 0 bridgehead atoms. The van der Waals surface area contributed by atoms with Gasteiger partial charge in [-0.25, -0.2) is 9.78 Å². The third-order valence-corrected chi connectivity index (χ3v) is 4.26. The molecule has 1 aromatic carbocycles. The zero-order valence-electron chi connectivity index (χ0n) is 14.0. The molecule has 0 spiro atoms. The number of primary amides is 1. The predicted molar refractivity (Wildman–Crippen MR) is 93.5 cm³/mol. The molecule has 0 aliphatic carbocycles. The number of carbonyl (C=O) groups excluding carboxylic acids is 2. The normalized spacial score (nSPS) is 12.3. The molecule has 1 unspecified atom stereocenters. The number of carbonyl (C=O) groups is 2. The number of amides is 1. The first-order chi connectivity index (χ1) is 11.8. The van der Waals surface area contributed by atoms with Gasteiger partial charge in [0.15, 0.2) is 11.9 Å². The zero-order valence-corrected chi connectivity index (χ0v) is 14.7. The minimum atomic E-state index is -0.602. The predicted octanol–water partition coefficient (Wildman–Crippen LogP) is 2.58. The summed E-state index contributed by atoms with van der Waals surface area (Å²) in [6.07, 6.45) is 0.899. The van der Waals surface area contributed by atoms with E-state index in [1.807, 2.05) is 17.7 Å². The van der Waals surface area contributed by atoms with Gasteiger partial charge in [-0.1, -0.05) is 11.6 Å². The number of esters is 1. The van der Waals surface area contributed by atoms with E-state index in [1.54, 1.807) is 26.1 Å². The molecule has 0 fully saturated rings. The fourth-order valence-corrected chi connectivity index (χ4v) is 2.90. The molecule has 3 aromatic rings. The van der Waals surface area contributed by atoms with Gasteiger partial charge in [-0.15, -0.1) is 0 Å². The monoisotopic (exact) mass is 360 g/mol. The van der Waals surface area contributed by atoms with Crippen molar-refractivity contribution in [2.75, 3.05) is 0 Å². The minimum absolute atomic E-state index is 0.238. The lowest BCUT2D eigenvalue weighted by Gasteiger charge is -2.13. The van der Waals surface area contributed by atoms with E-state index in [0.717, 1.165) is 11.0 Å². The average molecular weight is 361 g/mol. The fourth-order valence-electron chi connectivity index (χ4n) is 2.73. The average Bonchev–Trinajstić information content (AvgIpc) is 3.08. The van der Waals surface area contributed by atoms with Gasteiger partial charge in [0.05, 0.1) is 16.6 Å². The number of imidazole rings is 1. The van der Waals surface area contributed by atoms with Crippen LogP contribution in [-0.2, 0) is 18.8 Å². The van der Waals surface area contributed by atoms with E-state index >= 15 is 0 Å². The second-order valence-corrected chi connectivity index (χ2v) is 6.24. The second-order valence-electron chi connectivity index (χ2n) is 5.80. The highest BCUT2D eigenvalue weighted by Crippen LogP contribution is 2.25. The summed E-state index contributed by atoms with van der Waals surface area (Å²) in [7, 11) is 3.49. The van der Waals surface area contributed by atoms with E-state index in [2.05, 4.69) is 4.98 Å². The number of hydrogen-bond acceptors (Lipinski definition) is 4. The number of ether oxygens (including phenoxy) is 1. The fraction of sp³-hybridized carbons (Fsp3) is 0.235. The van der Waals surface area contributed by atoms with Crippen LogP contribution in [0.3, 0.4) is 0 Å². The van der Waals surface area contributed by atoms with Crippen molar-refractivity contribution in [2.24, 2.45) is 19.8 Å². The number of nitrogens with zero attached hydrogens (tertiary/aromatic N) is 3. The molecule has 2 aromatic heterocycles. The molecule has 0 radical (unpaired) electrons. The number of halogens is 1. The number of nitrogens with two attached hydrogens (primary N) is 1. The van der Waals surface area contributed by atoms with E-state index in [4.69, 9.17) is 22.1 Å². The summed E-state index contributed by atoms with van der Waals surface area (Å²) >= 11 is 5.99. The number of fused-ring (bicyclic) bond motifs is 1. The highest BCUT2D eigenvalue weighted by Gasteiger charge is 2.22. The Morgan fingerprint density at radius 2 is 2.00 bits per heavy atom. The van der Waals surface area contributed by atoms with E-state index in [0.29, 0.717) is 10.8 Å². The summed E-state index contributed by atoms with van der Waals surface area (Å²) in [5, 5.41) is 0.588. The van der Waals surface area contributed by atoms with Crippen LogP contribution in [0.15, 0.2) is 30.5 Å². The van der Waals surface area contributed by atoms with Crippen molar-refractivity contribution in [3.8, 4) is 0 Å². The van der Waals surface area contributed by atoms with E-state index in [-0.39, 0.29) is 11.3 Å². The first-order valence-electron chi connectivity index (χ1n) is 7.57. The number of rotatable bonds is 4. The molecular formula is C17H17ClN4O3. The van der Waals surface area contributed by atoms with Crippen LogP contribution in [0, 0.1) is 0 Å². The summed E-state index contributed by atoms with van der Waals surface area (Å²) < 4.78 is 8.86. The molecule has 0 aliphatic heterocycles. The van der Waals surface area contributed by atoms with E-state index in [1.165, 1.54) is 16.8 Å². The van der Waals surface area contributed by atoms with Crippen molar-refractivity contribution in [3.05, 3.63) is 52.6 Å². The van der Waals surface area contributed by atoms with Crippen LogP contribution in [0.2, 0.25) is 5.02 Å². The Labute approximate surface area is 148 Å². The topological polar surface area (TPSA) is 92.1 Å². The summed E-state index contributed by atoms with van der Waals surface area (Å²) in [5.41, 5.74) is 7.33. The molecule has 2 heterocycles. The molecule has 0 aliphatic rings. The Kier molecular flexibility index (Phi) is 4.26. The SMILES string of the molecule is CC(OC(=O)c1cc(C(N)=O)cn1C)c1nc2cc(Cl)ccc2n1C. The molecule has 7 nitrogen and oxygen atoms in total. The molecule has 8 heteroatoms. The van der Waals surface area contributed by atoms with Gasteiger partial charge in [0.25, 0.3) is 0 Å². The van der Waals surface area contributed by atoms with Crippen LogP contribution in [0.1, 0.15) is 39.7 Å². The minimum Gasteiger partial charge on any atom is -0.450 e. The Bertz CT molecular complexity index is 989. The van der Waals surface area contributed by atoms with Gasteiger partial charge >= 0.3 is 5.97 Å². The molecule has 1 amide bonds. The molecule has 0 saturated carbocycles. The Balaban J connectivity index is 1.87. The lowest BCUT2D eigenvalue weighted by atomic mass is 10.3. The summed E-state index contributed by atoms with van der Waals surface area (Å²) in [6, 6.07) is 6.80. The molecular weight excluding hydrogens is 344 g/mol. The summed E-state index contributed by atoms with van der Waals surface area (Å²) in [6.45, 7) is 1.73. The summed E-state index contributed by atoms with van der Waals surface area (Å²) in [4.78, 5) is 28.1. The Morgan fingerprint density at radius 3 is 2.64 bits per heavy atom. The van der Waals surface area contributed by atoms with Crippen LogP contribution in [0.25, 0.3) is 11.0 Å². The number of aromatic nitrogens is 3. The first kappa shape index (κ1) is 17.0. The van der Waals surface area contributed by atoms with Gasteiger partial charge in [0.1, 0.15) is 5.69 Å². The number of aryl methyl sites for hydroxylation is 2. The van der Waals surface area contributed by atoms with Crippen LogP contribution in [-0.4, -0.2) is 26.0 Å². The maximum atomic E-state index is 12.4. The summed E-state index contributed by atoms with van der Waals surface area (Å²) in [5.74, 6) is -0.572. The number of hydrogen-bond donors (Lipinski definition) is 1. The maximum Gasteiger partial charge on any atom is 0.355 e. The molecule has 1 atom stereocenters. The van der Waals surface area contributed by atoms with Crippen molar-refractivity contribution in [1.82, 2.24) is 14.1 Å². The standard InChI is InChI=1S/C17H17ClN4O3/c1-9(16-20-12-7-11(18)4-5-13(12)22(16)3)25-17(24)14-6-10(15(19)23)8-21(14)2/h4-9H,1-3H3,(H2,19,23). The van der Waals surface area contributed by atoms with Crippen LogP contribution >= 0.6 is 11.6 Å². The zero-order chi connectivity index (χ0) is 18.3. The highest BCUT2D eigenvalue weighted by atomic mass is 35.5. The lowest BCUT2D eigenvalue weighted by molar-refractivity contribution is 0.0304. The van der Waals surface area contributed by atoms with Gasteiger partial charge in [0, 0.05) is 25.3 Å². The van der Waals surface area contributed by atoms with Gasteiger partial charge in [-0.3, -0.25) is 4.79 Å². The van der Waals surface area contributed by atoms with E-state index in [9.17, 15) is 9.59 Å². The van der Waals surface area contributed by atoms with Crippen molar-refractivity contribution in [3.63, 3.8) is 0 Å². The van der Waals surface area contributed by atoms with Gasteiger partial charge in [-0.2, -0.15) is 0 Å². The van der Waals surface area contributed by atoms with E-state index < -0.39 is 18.0 Å². The van der Waals surface area contributed by atoms with Crippen LogP contribution in [0.4, 0.5) is 0 Å². The number of benzene rings is 1. The molecule has 130 valence electrons. The largest absolute Gasteiger partial charge is 0.450 e. The van der Waals surface area contributed by atoms with Crippen LogP contribution in [0.5, 0.6) is 0 Å². The van der Waals surface area contributed by atoms with Crippen molar-refractivity contribution in [1.29, 1.82) is 0 Å². The van der Waals surface area contributed by atoms with Gasteiger partial charge in [-0.05, 0) is 31.2 Å². The van der Waals surface area contributed by atoms with Crippen molar-refractivity contribution in [2.45, 2.75) is 13.0 Å².